The largest absolute Gasteiger partial charge is 0.462 e. The minimum atomic E-state index is -0.799. The second-order valence-electron chi connectivity index (χ2n) is 14.2. The molecule has 6 heteroatoms. The molecule has 0 aliphatic rings. The van der Waals surface area contributed by atoms with E-state index in [-0.39, 0.29) is 37.5 Å². The lowest BCUT2D eigenvalue weighted by Gasteiger charge is -2.18. The van der Waals surface area contributed by atoms with Crippen LogP contribution in [0.1, 0.15) is 207 Å². The molecule has 0 aromatic carbocycles. The Hall–Kier alpha value is -2.63. The van der Waals surface area contributed by atoms with Gasteiger partial charge in [0, 0.05) is 19.3 Å². The molecule has 0 aromatic rings. The molecule has 1 unspecified atom stereocenters. The summed E-state index contributed by atoms with van der Waals surface area (Å²) in [7, 11) is 0. The molecule has 0 saturated heterocycles. The Balaban J connectivity index is 4.44. The van der Waals surface area contributed by atoms with E-state index in [1.165, 1.54) is 83.5 Å². The highest BCUT2D eigenvalue weighted by Crippen LogP contribution is 2.13. The molecule has 0 bridgehead atoms. The molecule has 0 spiro atoms. The van der Waals surface area contributed by atoms with Gasteiger partial charge in [-0.05, 0) is 70.6 Å². The molecule has 52 heavy (non-hydrogen) atoms. The van der Waals surface area contributed by atoms with Crippen molar-refractivity contribution in [1.29, 1.82) is 0 Å². The van der Waals surface area contributed by atoms with Gasteiger partial charge in [-0.25, -0.2) is 0 Å². The quantitative estimate of drug-likeness (QED) is 0.0272. The van der Waals surface area contributed by atoms with Gasteiger partial charge in [0.25, 0.3) is 0 Å². The lowest BCUT2D eigenvalue weighted by Crippen LogP contribution is -2.30. The molecule has 1 atom stereocenters. The topological polar surface area (TPSA) is 78.9 Å². The van der Waals surface area contributed by atoms with Crippen LogP contribution in [0.4, 0.5) is 0 Å². The summed E-state index contributed by atoms with van der Waals surface area (Å²) >= 11 is 0. The highest BCUT2D eigenvalue weighted by atomic mass is 16.6. The summed E-state index contributed by atoms with van der Waals surface area (Å²) in [6, 6.07) is 0. The predicted molar refractivity (Wildman–Crippen MR) is 219 cm³/mol. The highest BCUT2D eigenvalue weighted by Gasteiger charge is 2.19. The first-order chi connectivity index (χ1) is 25.5. The number of esters is 3. The fraction of sp³-hybridized carbons (Fsp3) is 0.761. The van der Waals surface area contributed by atoms with Crippen LogP contribution in [-0.2, 0) is 28.6 Å². The van der Waals surface area contributed by atoms with Crippen LogP contribution >= 0.6 is 0 Å². The van der Waals surface area contributed by atoms with Gasteiger partial charge in [0.1, 0.15) is 13.2 Å². The standard InChI is InChI=1S/C46H80O6/c1-4-7-10-13-16-19-21-22-23-25-27-30-33-36-39-45(48)51-42-43(41-50-44(47)38-35-32-29-26-18-15-12-9-6-3)52-46(49)40-37-34-31-28-24-20-17-14-11-8-5-2/h8,11,17,20,23,25,28,31,43H,4-7,9-10,12-16,18-19,21-22,24,26-27,29-30,32-42H2,1-3H3/b11-8-,20-17-,25-23-,31-28-. The maximum Gasteiger partial charge on any atom is 0.306 e. The molecule has 0 saturated carbocycles. The van der Waals surface area contributed by atoms with Gasteiger partial charge in [-0.3, -0.25) is 14.4 Å². The fourth-order valence-electron chi connectivity index (χ4n) is 5.81. The average Bonchev–Trinajstić information content (AvgIpc) is 3.14. The molecular weight excluding hydrogens is 648 g/mol. The van der Waals surface area contributed by atoms with E-state index in [4.69, 9.17) is 14.2 Å². The van der Waals surface area contributed by atoms with Crippen molar-refractivity contribution in [2.24, 2.45) is 0 Å². The zero-order valence-corrected chi connectivity index (χ0v) is 34.1. The van der Waals surface area contributed by atoms with Crippen molar-refractivity contribution in [3.05, 3.63) is 48.6 Å². The second-order valence-corrected chi connectivity index (χ2v) is 14.2. The van der Waals surface area contributed by atoms with Crippen molar-refractivity contribution in [1.82, 2.24) is 0 Å². The number of unbranched alkanes of at least 4 members (excludes halogenated alkanes) is 19. The van der Waals surface area contributed by atoms with E-state index >= 15 is 0 Å². The van der Waals surface area contributed by atoms with Gasteiger partial charge in [0.05, 0.1) is 0 Å². The molecule has 300 valence electrons. The third kappa shape index (κ3) is 38.6. The maximum absolute atomic E-state index is 12.6. The number of carbonyl (C=O) groups excluding carboxylic acids is 3. The summed E-state index contributed by atoms with van der Waals surface area (Å²) in [5.41, 5.74) is 0. The summed E-state index contributed by atoms with van der Waals surface area (Å²) in [6.45, 7) is 6.42. The van der Waals surface area contributed by atoms with Gasteiger partial charge in [0.15, 0.2) is 6.10 Å². The molecule has 0 fully saturated rings. The first-order valence-corrected chi connectivity index (χ1v) is 21.6. The minimum absolute atomic E-state index is 0.0971. The summed E-state index contributed by atoms with van der Waals surface area (Å²) in [4.78, 5) is 37.5. The van der Waals surface area contributed by atoms with E-state index in [0.717, 1.165) is 77.0 Å². The van der Waals surface area contributed by atoms with Crippen molar-refractivity contribution < 1.29 is 28.6 Å². The molecule has 0 heterocycles. The fourth-order valence-corrected chi connectivity index (χ4v) is 5.81. The van der Waals surface area contributed by atoms with Gasteiger partial charge >= 0.3 is 17.9 Å². The molecule has 0 radical (unpaired) electrons. The Morgan fingerprint density at radius 1 is 0.404 bits per heavy atom. The van der Waals surface area contributed by atoms with E-state index in [9.17, 15) is 14.4 Å². The SMILES string of the molecule is CC/C=C\C/C=C\C/C=C\CCCC(=O)OC(COC(=O)CCCCC/C=C\CCCCCCCCC)COC(=O)CCCCCCCCCCC. The van der Waals surface area contributed by atoms with Crippen molar-refractivity contribution in [3.8, 4) is 0 Å². The third-order valence-electron chi connectivity index (χ3n) is 9.07. The van der Waals surface area contributed by atoms with E-state index in [1.54, 1.807) is 0 Å². The van der Waals surface area contributed by atoms with Gasteiger partial charge in [-0.15, -0.1) is 0 Å². The lowest BCUT2D eigenvalue weighted by atomic mass is 10.1. The third-order valence-corrected chi connectivity index (χ3v) is 9.07. The van der Waals surface area contributed by atoms with Crippen molar-refractivity contribution in [3.63, 3.8) is 0 Å². The van der Waals surface area contributed by atoms with Crippen LogP contribution in [-0.4, -0.2) is 37.2 Å². The zero-order chi connectivity index (χ0) is 38.0. The van der Waals surface area contributed by atoms with Crippen LogP contribution < -0.4 is 0 Å². The average molecular weight is 729 g/mol. The minimum Gasteiger partial charge on any atom is -0.462 e. The molecule has 0 rings (SSSR count). The zero-order valence-electron chi connectivity index (χ0n) is 34.1. The number of hydrogen-bond donors (Lipinski definition) is 0. The van der Waals surface area contributed by atoms with Crippen LogP contribution in [0, 0.1) is 0 Å². The van der Waals surface area contributed by atoms with Crippen LogP contribution in [0.25, 0.3) is 0 Å². The molecular formula is C46H80O6. The second kappa shape index (κ2) is 41.1. The number of rotatable bonds is 38. The first kappa shape index (κ1) is 49.4. The van der Waals surface area contributed by atoms with Gasteiger partial charge < -0.3 is 14.2 Å². The predicted octanol–water partition coefficient (Wildman–Crippen LogP) is 13.6. The number of carbonyl (C=O) groups is 3. The number of ether oxygens (including phenoxy) is 3. The van der Waals surface area contributed by atoms with Crippen LogP contribution in [0.15, 0.2) is 48.6 Å². The van der Waals surface area contributed by atoms with E-state index in [1.807, 2.05) is 0 Å². The van der Waals surface area contributed by atoms with E-state index in [2.05, 4.69) is 69.4 Å². The Kier molecular flexibility index (Phi) is 39.1. The monoisotopic (exact) mass is 729 g/mol. The molecule has 0 aromatic heterocycles. The maximum atomic E-state index is 12.6. The Morgan fingerprint density at radius 2 is 0.769 bits per heavy atom. The Bertz CT molecular complexity index is 933. The summed E-state index contributed by atoms with van der Waals surface area (Å²) in [6.07, 6.45) is 46.8. The van der Waals surface area contributed by atoms with Gasteiger partial charge in [-0.2, -0.15) is 0 Å². The summed E-state index contributed by atoms with van der Waals surface area (Å²) in [5, 5.41) is 0. The van der Waals surface area contributed by atoms with Crippen molar-refractivity contribution in [2.75, 3.05) is 13.2 Å². The number of allylic oxidation sites excluding steroid dienone is 8. The Labute approximate surface area is 320 Å². The molecule has 0 amide bonds. The number of hydrogen-bond acceptors (Lipinski definition) is 6. The Morgan fingerprint density at radius 3 is 1.27 bits per heavy atom. The summed E-state index contributed by atoms with van der Waals surface area (Å²) in [5.74, 6) is -0.975. The van der Waals surface area contributed by atoms with E-state index < -0.39 is 6.10 Å². The van der Waals surface area contributed by atoms with Crippen LogP contribution in [0.3, 0.4) is 0 Å². The van der Waals surface area contributed by atoms with Gasteiger partial charge in [0.2, 0.25) is 0 Å². The van der Waals surface area contributed by atoms with Crippen molar-refractivity contribution >= 4 is 17.9 Å². The summed E-state index contributed by atoms with van der Waals surface area (Å²) < 4.78 is 16.6. The molecule has 6 nitrogen and oxygen atoms in total. The van der Waals surface area contributed by atoms with Crippen LogP contribution in [0.2, 0.25) is 0 Å². The van der Waals surface area contributed by atoms with E-state index in [0.29, 0.717) is 19.3 Å². The lowest BCUT2D eigenvalue weighted by molar-refractivity contribution is -0.167. The molecule has 0 aliphatic carbocycles. The van der Waals surface area contributed by atoms with Crippen LogP contribution in [0.5, 0.6) is 0 Å². The van der Waals surface area contributed by atoms with Gasteiger partial charge in [-0.1, -0.05) is 166 Å². The smallest absolute Gasteiger partial charge is 0.306 e. The normalized spacial score (nSPS) is 12.4. The molecule has 0 N–H and O–H groups in total. The van der Waals surface area contributed by atoms with Crippen molar-refractivity contribution in [2.45, 2.75) is 213 Å². The highest BCUT2D eigenvalue weighted by molar-refractivity contribution is 5.71. The first-order valence-electron chi connectivity index (χ1n) is 21.6. The molecule has 0 aliphatic heterocycles.